The second kappa shape index (κ2) is 6.86. The molecule has 1 amide bonds. The Morgan fingerprint density at radius 3 is 2.88 bits per heavy atom. The van der Waals surface area contributed by atoms with Crippen molar-refractivity contribution >= 4 is 5.91 Å². The van der Waals surface area contributed by atoms with Gasteiger partial charge in [-0.1, -0.05) is 6.92 Å². The first kappa shape index (κ1) is 13.5. The van der Waals surface area contributed by atoms with Crippen LogP contribution in [0.4, 0.5) is 0 Å². The summed E-state index contributed by atoms with van der Waals surface area (Å²) in [5, 5.41) is 6.29. The Bertz CT molecular complexity index is 220. The number of hydrogen-bond donors (Lipinski definition) is 2. The molecule has 0 bridgehead atoms. The largest absolute Gasteiger partial charge is 0.353 e. The van der Waals surface area contributed by atoms with E-state index in [-0.39, 0.29) is 5.91 Å². The van der Waals surface area contributed by atoms with Crippen molar-refractivity contribution in [2.45, 2.75) is 45.2 Å². The molecule has 0 aliphatic carbocycles. The number of nitrogens with one attached hydrogen (secondary N) is 2. The molecule has 1 fully saturated rings. The average Bonchev–Trinajstić information content (AvgIpc) is 2.24. The van der Waals surface area contributed by atoms with Crippen molar-refractivity contribution in [3.8, 4) is 0 Å². The van der Waals surface area contributed by atoms with Gasteiger partial charge in [-0.25, -0.2) is 0 Å². The van der Waals surface area contributed by atoms with Gasteiger partial charge in [-0.15, -0.1) is 0 Å². The highest BCUT2D eigenvalue weighted by Gasteiger charge is 2.23. The summed E-state index contributed by atoms with van der Waals surface area (Å²) in [5.41, 5.74) is 0. The summed E-state index contributed by atoms with van der Waals surface area (Å²) in [6.45, 7) is 7.07. The third-order valence-electron chi connectivity index (χ3n) is 3.35. The summed E-state index contributed by atoms with van der Waals surface area (Å²) in [6.07, 6.45) is 2.74. The molecule has 0 radical (unpaired) electrons. The van der Waals surface area contributed by atoms with Crippen LogP contribution in [-0.2, 0) is 4.79 Å². The van der Waals surface area contributed by atoms with Gasteiger partial charge in [0.15, 0.2) is 0 Å². The third kappa shape index (κ3) is 4.49. The molecule has 4 heteroatoms. The molecule has 16 heavy (non-hydrogen) atoms. The molecule has 0 saturated carbocycles. The van der Waals surface area contributed by atoms with E-state index in [2.05, 4.69) is 36.4 Å². The van der Waals surface area contributed by atoms with E-state index in [1.54, 1.807) is 0 Å². The number of likely N-dealkylation sites (tertiary alicyclic amines) is 1. The molecule has 1 rings (SSSR count). The van der Waals surface area contributed by atoms with Gasteiger partial charge >= 0.3 is 0 Å². The zero-order valence-corrected chi connectivity index (χ0v) is 10.8. The van der Waals surface area contributed by atoms with Crippen molar-refractivity contribution < 1.29 is 4.79 Å². The molecule has 2 atom stereocenters. The molecule has 94 valence electrons. The monoisotopic (exact) mass is 227 g/mol. The van der Waals surface area contributed by atoms with Crippen LogP contribution in [0, 0.1) is 0 Å². The van der Waals surface area contributed by atoms with E-state index in [1.807, 2.05) is 0 Å². The van der Waals surface area contributed by atoms with E-state index < -0.39 is 0 Å². The number of nitrogens with zero attached hydrogens (tertiary/aromatic N) is 1. The fourth-order valence-corrected chi connectivity index (χ4v) is 2.10. The lowest BCUT2D eigenvalue weighted by Gasteiger charge is -2.35. The van der Waals surface area contributed by atoms with Crippen molar-refractivity contribution in [3.63, 3.8) is 0 Å². The minimum Gasteiger partial charge on any atom is -0.353 e. The zero-order chi connectivity index (χ0) is 12.0. The number of hydrogen-bond acceptors (Lipinski definition) is 3. The van der Waals surface area contributed by atoms with Crippen molar-refractivity contribution in [3.05, 3.63) is 0 Å². The summed E-state index contributed by atoms with van der Waals surface area (Å²) >= 11 is 0. The topological polar surface area (TPSA) is 44.4 Å². The van der Waals surface area contributed by atoms with Crippen LogP contribution in [0.2, 0.25) is 0 Å². The third-order valence-corrected chi connectivity index (χ3v) is 3.35. The fraction of sp³-hybridized carbons (Fsp3) is 0.917. The van der Waals surface area contributed by atoms with Gasteiger partial charge in [0, 0.05) is 31.6 Å². The molecule has 0 aromatic carbocycles. The van der Waals surface area contributed by atoms with Crippen LogP contribution in [0.1, 0.15) is 33.1 Å². The Balaban J connectivity index is 2.19. The van der Waals surface area contributed by atoms with E-state index in [9.17, 15) is 4.79 Å². The van der Waals surface area contributed by atoms with Crippen LogP contribution >= 0.6 is 0 Å². The Morgan fingerprint density at radius 2 is 2.25 bits per heavy atom. The van der Waals surface area contributed by atoms with Crippen LogP contribution in [0.15, 0.2) is 0 Å². The molecule has 0 spiro atoms. The Kier molecular flexibility index (Phi) is 5.77. The van der Waals surface area contributed by atoms with Crippen LogP contribution in [0.3, 0.4) is 0 Å². The summed E-state index contributed by atoms with van der Waals surface area (Å²) < 4.78 is 0. The molecule has 2 N–H and O–H groups in total. The maximum Gasteiger partial charge on any atom is 0.221 e. The number of carbonyl (C=O) groups is 1. The van der Waals surface area contributed by atoms with Crippen LogP contribution in [0.5, 0.6) is 0 Å². The van der Waals surface area contributed by atoms with Crippen molar-refractivity contribution in [1.29, 1.82) is 0 Å². The first-order chi connectivity index (χ1) is 7.63. The van der Waals surface area contributed by atoms with E-state index in [4.69, 9.17) is 0 Å². The first-order valence-electron chi connectivity index (χ1n) is 6.33. The lowest BCUT2D eigenvalue weighted by Crippen LogP contribution is -2.47. The number of amides is 1. The lowest BCUT2D eigenvalue weighted by atomic mass is 9.99. The van der Waals surface area contributed by atoms with Gasteiger partial charge in [-0.2, -0.15) is 0 Å². The Labute approximate surface area is 98.8 Å². The van der Waals surface area contributed by atoms with Crippen LogP contribution in [-0.4, -0.2) is 49.6 Å². The van der Waals surface area contributed by atoms with Crippen molar-refractivity contribution in [2.75, 3.05) is 26.7 Å². The predicted octanol–water partition coefficient (Wildman–Crippen LogP) is 0.585. The highest BCUT2D eigenvalue weighted by atomic mass is 16.1. The van der Waals surface area contributed by atoms with E-state index in [0.717, 1.165) is 32.5 Å². The summed E-state index contributed by atoms with van der Waals surface area (Å²) in [4.78, 5) is 14.0. The highest BCUT2D eigenvalue weighted by Crippen LogP contribution is 2.15. The SMILES string of the molecule is CCNCCC(=O)NC1CCN(C)C(C)C1. The molecule has 1 aliphatic rings. The molecule has 2 unspecified atom stereocenters. The van der Waals surface area contributed by atoms with Crippen molar-refractivity contribution in [2.24, 2.45) is 0 Å². The molecule has 1 aliphatic heterocycles. The van der Waals surface area contributed by atoms with Crippen LogP contribution in [0.25, 0.3) is 0 Å². The Hall–Kier alpha value is -0.610. The number of carbonyl (C=O) groups excluding carboxylic acids is 1. The van der Waals surface area contributed by atoms with Gasteiger partial charge in [-0.3, -0.25) is 4.79 Å². The average molecular weight is 227 g/mol. The highest BCUT2D eigenvalue weighted by molar-refractivity contribution is 5.76. The minimum atomic E-state index is 0.183. The molecule has 4 nitrogen and oxygen atoms in total. The second-order valence-electron chi connectivity index (χ2n) is 4.72. The molecule has 0 aromatic heterocycles. The maximum atomic E-state index is 11.6. The van der Waals surface area contributed by atoms with Gasteiger partial charge in [-0.05, 0) is 33.4 Å². The second-order valence-corrected chi connectivity index (χ2v) is 4.72. The fourth-order valence-electron chi connectivity index (χ4n) is 2.10. The van der Waals surface area contributed by atoms with Crippen molar-refractivity contribution in [1.82, 2.24) is 15.5 Å². The molecule has 1 saturated heterocycles. The molecular weight excluding hydrogens is 202 g/mol. The maximum absolute atomic E-state index is 11.6. The van der Waals surface area contributed by atoms with Gasteiger partial charge in [0.25, 0.3) is 0 Å². The van der Waals surface area contributed by atoms with Crippen LogP contribution < -0.4 is 10.6 Å². The molecule has 1 heterocycles. The quantitative estimate of drug-likeness (QED) is 0.676. The molecular formula is C12H25N3O. The standard InChI is InChI=1S/C12H25N3O/c1-4-13-7-5-12(16)14-11-6-8-15(3)10(2)9-11/h10-11,13H,4-9H2,1-3H3,(H,14,16). The summed E-state index contributed by atoms with van der Waals surface area (Å²) in [7, 11) is 2.15. The smallest absolute Gasteiger partial charge is 0.221 e. The predicted molar refractivity (Wildman–Crippen MR) is 66.4 cm³/mol. The Morgan fingerprint density at radius 1 is 1.50 bits per heavy atom. The number of piperidine rings is 1. The van der Waals surface area contributed by atoms with E-state index in [0.29, 0.717) is 18.5 Å². The summed E-state index contributed by atoms with van der Waals surface area (Å²) in [6, 6.07) is 0.952. The van der Waals surface area contributed by atoms with E-state index in [1.165, 1.54) is 0 Å². The van der Waals surface area contributed by atoms with Gasteiger partial charge in [0.1, 0.15) is 0 Å². The van der Waals surface area contributed by atoms with E-state index >= 15 is 0 Å². The first-order valence-corrected chi connectivity index (χ1v) is 6.33. The summed E-state index contributed by atoms with van der Waals surface area (Å²) in [5.74, 6) is 0.183. The normalized spacial score (nSPS) is 26.7. The van der Waals surface area contributed by atoms with Gasteiger partial charge < -0.3 is 15.5 Å². The minimum absolute atomic E-state index is 0.183. The lowest BCUT2D eigenvalue weighted by molar-refractivity contribution is -0.122. The molecule has 0 aromatic rings. The van der Waals surface area contributed by atoms with Gasteiger partial charge in [0.2, 0.25) is 5.91 Å². The van der Waals surface area contributed by atoms with Gasteiger partial charge in [0.05, 0.1) is 0 Å². The number of rotatable bonds is 5. The zero-order valence-electron chi connectivity index (χ0n) is 10.8.